The highest BCUT2D eigenvalue weighted by Gasteiger charge is 2.25. The Morgan fingerprint density at radius 1 is 1.07 bits per heavy atom. The van der Waals surface area contributed by atoms with Crippen molar-refractivity contribution in [1.29, 1.82) is 0 Å². The van der Waals surface area contributed by atoms with Crippen LogP contribution >= 0.6 is 23.6 Å². The van der Waals surface area contributed by atoms with Crippen molar-refractivity contribution in [3.8, 4) is 0 Å². The normalized spacial score (nSPS) is 12.5. The number of anilines is 1. The summed E-state index contributed by atoms with van der Waals surface area (Å²) in [6.07, 6.45) is 3.48. The van der Waals surface area contributed by atoms with Gasteiger partial charge in [-0.15, -0.1) is 11.3 Å². The maximum atomic E-state index is 12.4. The van der Waals surface area contributed by atoms with Gasteiger partial charge in [-0.3, -0.25) is 35.1 Å². The smallest absolute Gasteiger partial charge is 0.277 e. The van der Waals surface area contributed by atoms with Crippen LogP contribution in [0.4, 0.5) is 16.4 Å². The van der Waals surface area contributed by atoms with E-state index in [9.17, 15) is 29.8 Å². The predicted octanol–water partition coefficient (Wildman–Crippen LogP) is 2.67. The number of fused-ring (bicyclic) bond motifs is 1. The molecule has 1 aromatic heterocycles. The summed E-state index contributed by atoms with van der Waals surface area (Å²) in [4.78, 5) is 45.7. The molecule has 0 saturated heterocycles. The lowest BCUT2D eigenvalue weighted by molar-refractivity contribution is -0.394. The van der Waals surface area contributed by atoms with Gasteiger partial charge in [0.15, 0.2) is 5.11 Å². The van der Waals surface area contributed by atoms with E-state index in [4.69, 9.17) is 18.0 Å². The number of aryl methyl sites for hydroxylation is 1. The molecule has 0 spiro atoms. The molecule has 2 amide bonds. The van der Waals surface area contributed by atoms with Gasteiger partial charge < -0.3 is 11.1 Å². The number of nitrogens with one attached hydrogen (secondary N) is 2. The Balaban J connectivity index is 1.81. The van der Waals surface area contributed by atoms with Crippen molar-refractivity contribution in [2.24, 2.45) is 5.73 Å². The molecule has 4 N–H and O–H groups in total. The number of carbonyl (C=O) groups excluding carboxylic acids is 2. The number of nitrogens with two attached hydrogens (primary N) is 1. The van der Waals surface area contributed by atoms with Gasteiger partial charge in [0, 0.05) is 17.0 Å². The Labute approximate surface area is 178 Å². The number of rotatable bonds is 5. The highest BCUT2D eigenvalue weighted by atomic mass is 32.1. The molecule has 0 radical (unpaired) electrons. The van der Waals surface area contributed by atoms with Gasteiger partial charge in [-0.25, -0.2) is 0 Å². The first-order valence-electron chi connectivity index (χ1n) is 8.68. The molecule has 1 heterocycles. The van der Waals surface area contributed by atoms with Crippen LogP contribution in [-0.2, 0) is 12.8 Å². The summed E-state index contributed by atoms with van der Waals surface area (Å²) in [5.74, 6) is -1.48. The molecule has 0 atom stereocenters. The van der Waals surface area contributed by atoms with E-state index in [1.165, 1.54) is 11.3 Å². The molecule has 0 aliphatic heterocycles. The van der Waals surface area contributed by atoms with Crippen LogP contribution < -0.4 is 16.4 Å². The number of non-ortho nitro benzene ring substituents is 2. The topological polar surface area (TPSA) is 170 Å². The number of primary amides is 1. The van der Waals surface area contributed by atoms with Gasteiger partial charge in [-0.2, -0.15) is 0 Å². The van der Waals surface area contributed by atoms with E-state index in [2.05, 4.69) is 10.6 Å². The average Bonchev–Trinajstić information content (AvgIpc) is 3.05. The quantitative estimate of drug-likeness (QED) is 0.355. The lowest BCUT2D eigenvalue weighted by Gasteiger charge is -2.11. The third kappa shape index (κ3) is 4.41. The van der Waals surface area contributed by atoms with Gasteiger partial charge in [0.2, 0.25) is 0 Å². The maximum absolute atomic E-state index is 12.4. The fourth-order valence-corrected chi connectivity index (χ4v) is 4.72. The minimum Gasteiger partial charge on any atom is -0.365 e. The zero-order valence-corrected chi connectivity index (χ0v) is 16.9. The van der Waals surface area contributed by atoms with Crippen LogP contribution in [0.5, 0.6) is 0 Å². The fraction of sp³-hybridized carbons (Fsp3) is 0.235. The molecule has 0 bridgehead atoms. The number of hydrogen-bond donors (Lipinski definition) is 3. The highest BCUT2D eigenvalue weighted by molar-refractivity contribution is 7.80. The Bertz CT molecular complexity index is 1060. The summed E-state index contributed by atoms with van der Waals surface area (Å²) in [6, 6.07) is 2.57. The summed E-state index contributed by atoms with van der Waals surface area (Å²) in [5, 5.41) is 27.3. The van der Waals surface area contributed by atoms with E-state index >= 15 is 0 Å². The Morgan fingerprint density at radius 3 is 2.23 bits per heavy atom. The second-order valence-corrected chi connectivity index (χ2v) is 7.95. The Kier molecular flexibility index (Phi) is 6.03. The number of nitro groups is 2. The van der Waals surface area contributed by atoms with Gasteiger partial charge in [0.1, 0.15) is 5.00 Å². The zero-order valence-electron chi connectivity index (χ0n) is 15.3. The van der Waals surface area contributed by atoms with E-state index in [0.717, 1.165) is 54.3 Å². The number of benzene rings is 1. The van der Waals surface area contributed by atoms with Gasteiger partial charge in [-0.05, 0) is 43.5 Å². The minimum absolute atomic E-state index is 0.171. The number of thiophene rings is 1. The van der Waals surface area contributed by atoms with Crippen molar-refractivity contribution in [2.75, 3.05) is 5.32 Å². The van der Waals surface area contributed by atoms with Gasteiger partial charge >= 0.3 is 0 Å². The van der Waals surface area contributed by atoms with Crippen molar-refractivity contribution in [1.82, 2.24) is 5.32 Å². The van der Waals surface area contributed by atoms with Gasteiger partial charge in [-0.1, -0.05) is 0 Å². The predicted molar refractivity (Wildman–Crippen MR) is 113 cm³/mol. The molecule has 2 aromatic rings. The number of carbonyl (C=O) groups is 2. The molecular weight excluding hydrogens is 434 g/mol. The number of amides is 2. The Morgan fingerprint density at radius 2 is 1.67 bits per heavy atom. The van der Waals surface area contributed by atoms with Crippen molar-refractivity contribution in [3.63, 3.8) is 0 Å². The lowest BCUT2D eigenvalue weighted by atomic mass is 9.95. The fourth-order valence-electron chi connectivity index (χ4n) is 3.16. The van der Waals surface area contributed by atoms with E-state index in [-0.39, 0.29) is 10.7 Å². The number of nitrogens with zero attached hydrogens (tertiary/aromatic N) is 2. The summed E-state index contributed by atoms with van der Waals surface area (Å²) in [7, 11) is 0. The molecule has 0 fully saturated rings. The number of thiocarbonyl (C=S) groups is 1. The van der Waals surface area contributed by atoms with Crippen LogP contribution in [0.1, 0.15) is 44.0 Å². The average molecular weight is 449 g/mol. The Hall–Kier alpha value is -3.45. The monoisotopic (exact) mass is 449 g/mol. The number of hydrogen-bond acceptors (Lipinski definition) is 8. The standard InChI is InChI=1S/C17H15N5O6S2/c18-14(23)13-11-3-1-2-4-12(11)30-16(13)20-17(29)19-15(24)8-5-9(21(25)26)7-10(6-8)22(27)28/h5-7H,1-4H2,(H2,18,23)(H2,19,20,24,29). The zero-order chi connectivity index (χ0) is 22.0. The minimum atomic E-state index is -0.874. The molecule has 1 aromatic carbocycles. The first kappa shape index (κ1) is 21.3. The molecular formula is C17H15N5O6S2. The van der Waals surface area contributed by atoms with Crippen molar-refractivity contribution < 1.29 is 19.4 Å². The van der Waals surface area contributed by atoms with E-state index < -0.39 is 33.0 Å². The third-order valence-corrected chi connectivity index (χ3v) is 5.87. The maximum Gasteiger partial charge on any atom is 0.277 e. The van der Waals surface area contributed by atoms with Crippen LogP contribution in [0.25, 0.3) is 0 Å². The van der Waals surface area contributed by atoms with Crippen molar-refractivity contribution in [2.45, 2.75) is 25.7 Å². The molecule has 0 saturated carbocycles. The first-order valence-corrected chi connectivity index (χ1v) is 9.90. The molecule has 0 unspecified atom stereocenters. The highest BCUT2D eigenvalue weighted by Crippen LogP contribution is 2.37. The third-order valence-electron chi connectivity index (χ3n) is 4.46. The van der Waals surface area contributed by atoms with Crippen LogP contribution in [0, 0.1) is 20.2 Å². The largest absolute Gasteiger partial charge is 0.365 e. The van der Waals surface area contributed by atoms with Crippen LogP contribution in [0.2, 0.25) is 0 Å². The second-order valence-electron chi connectivity index (χ2n) is 6.44. The van der Waals surface area contributed by atoms with Crippen molar-refractivity contribution in [3.05, 3.63) is 60.0 Å². The summed E-state index contributed by atoms with van der Waals surface area (Å²) < 4.78 is 0. The van der Waals surface area contributed by atoms with Crippen molar-refractivity contribution >= 4 is 56.9 Å². The summed E-state index contributed by atoms with van der Waals surface area (Å²) in [5.41, 5.74) is 5.21. The molecule has 30 heavy (non-hydrogen) atoms. The van der Waals surface area contributed by atoms with Crippen LogP contribution in [0.3, 0.4) is 0 Å². The second kappa shape index (κ2) is 8.51. The molecule has 1 aliphatic carbocycles. The van der Waals surface area contributed by atoms with E-state index in [0.29, 0.717) is 10.6 Å². The molecule has 1 aliphatic rings. The molecule has 156 valence electrons. The summed E-state index contributed by atoms with van der Waals surface area (Å²) in [6.45, 7) is 0. The SMILES string of the molecule is NC(=O)c1c(NC(=S)NC(=O)c2cc([N+](=O)[O-])cc([N+](=O)[O-])c2)sc2c1CCCC2. The molecule has 13 heteroatoms. The van der Waals surface area contributed by atoms with E-state index in [1.807, 2.05) is 0 Å². The first-order chi connectivity index (χ1) is 14.2. The van der Waals surface area contributed by atoms with Crippen LogP contribution in [0.15, 0.2) is 18.2 Å². The van der Waals surface area contributed by atoms with Crippen LogP contribution in [-0.4, -0.2) is 26.8 Å². The summed E-state index contributed by atoms with van der Waals surface area (Å²) >= 11 is 6.44. The lowest BCUT2D eigenvalue weighted by Crippen LogP contribution is -2.34. The van der Waals surface area contributed by atoms with Gasteiger partial charge in [0.05, 0.1) is 27.0 Å². The molecule has 11 nitrogen and oxygen atoms in total. The molecule has 3 rings (SSSR count). The number of nitro benzene ring substituents is 2. The van der Waals surface area contributed by atoms with E-state index in [1.54, 1.807) is 0 Å². The van der Waals surface area contributed by atoms with Gasteiger partial charge in [0.25, 0.3) is 23.2 Å².